The van der Waals surface area contributed by atoms with Gasteiger partial charge in [-0.15, -0.1) is 0 Å². The molecule has 4 N–H and O–H groups in total. The van der Waals surface area contributed by atoms with Gasteiger partial charge in [-0.2, -0.15) is 4.98 Å². The molecule has 10 nitrogen and oxygen atoms in total. The number of hydrogen-bond donors (Lipinski definition) is 4. The molecule has 1 saturated heterocycles. The van der Waals surface area contributed by atoms with Gasteiger partial charge in [0.2, 0.25) is 0 Å². The van der Waals surface area contributed by atoms with Crippen LogP contribution in [0.25, 0.3) is 22.1 Å². The van der Waals surface area contributed by atoms with E-state index >= 15 is 0 Å². The van der Waals surface area contributed by atoms with E-state index in [1.807, 2.05) is 55.1 Å². The van der Waals surface area contributed by atoms with Gasteiger partial charge in [0.1, 0.15) is 11.3 Å². The lowest BCUT2D eigenvalue weighted by molar-refractivity contribution is -0.123. The van der Waals surface area contributed by atoms with Gasteiger partial charge in [-0.3, -0.25) is 4.79 Å². The summed E-state index contributed by atoms with van der Waals surface area (Å²) < 4.78 is 5.78. The number of imidazole rings is 1. The Morgan fingerprint density at radius 2 is 1.97 bits per heavy atom. The fraction of sp³-hybridized carbons (Fsp3) is 0.407. The fourth-order valence-corrected chi connectivity index (χ4v) is 4.89. The van der Waals surface area contributed by atoms with Gasteiger partial charge in [0.25, 0.3) is 11.9 Å². The summed E-state index contributed by atoms with van der Waals surface area (Å²) in [5.74, 6) is 0.206. The largest absolute Gasteiger partial charge is 0.424 e. The minimum Gasteiger partial charge on any atom is -0.424 e. The van der Waals surface area contributed by atoms with E-state index in [-0.39, 0.29) is 18.1 Å². The Hall–Kier alpha value is -4.08. The van der Waals surface area contributed by atoms with Gasteiger partial charge >= 0.3 is 6.03 Å². The second-order valence-electron chi connectivity index (χ2n) is 9.59. The lowest BCUT2D eigenvalue weighted by Gasteiger charge is -2.36. The minimum absolute atomic E-state index is 0.152. The van der Waals surface area contributed by atoms with Gasteiger partial charge < -0.3 is 30.3 Å². The maximum absolute atomic E-state index is 13.5. The van der Waals surface area contributed by atoms with Crippen LogP contribution >= 0.6 is 0 Å². The summed E-state index contributed by atoms with van der Waals surface area (Å²) in [4.78, 5) is 41.0. The highest BCUT2D eigenvalue weighted by molar-refractivity contribution is 5.89. The van der Waals surface area contributed by atoms with Gasteiger partial charge in [-0.25, -0.2) is 9.78 Å². The SMILES string of the molecule is CC[C@H]1CCCCN1C(=O)N[C@H](Nc1nc2ccccc2o1)C(=O)N[C@@H](C)c1nc2c(C)cccc2[nH]1. The van der Waals surface area contributed by atoms with Crippen molar-refractivity contribution in [1.82, 2.24) is 30.5 Å². The van der Waals surface area contributed by atoms with E-state index in [9.17, 15) is 9.59 Å². The number of carbonyl (C=O) groups excluding carboxylic acids is 2. The normalized spacial score (nSPS) is 17.5. The number of amides is 3. The van der Waals surface area contributed by atoms with Crippen molar-refractivity contribution in [2.75, 3.05) is 11.9 Å². The molecule has 0 aliphatic carbocycles. The van der Waals surface area contributed by atoms with Crippen LogP contribution in [0.5, 0.6) is 0 Å². The second-order valence-corrected chi connectivity index (χ2v) is 9.59. The maximum Gasteiger partial charge on any atom is 0.319 e. The third-order valence-corrected chi connectivity index (χ3v) is 6.95. The number of H-pyrrole nitrogens is 1. The summed E-state index contributed by atoms with van der Waals surface area (Å²) in [5, 5.41) is 8.82. The zero-order chi connectivity index (χ0) is 25.9. The Kier molecular flexibility index (Phi) is 6.98. The van der Waals surface area contributed by atoms with Crippen LogP contribution < -0.4 is 16.0 Å². The van der Waals surface area contributed by atoms with Crippen molar-refractivity contribution in [3.8, 4) is 0 Å². The second kappa shape index (κ2) is 10.5. The number of aromatic amines is 1. The van der Waals surface area contributed by atoms with E-state index < -0.39 is 18.1 Å². The van der Waals surface area contributed by atoms with Gasteiger partial charge in [0.05, 0.1) is 17.1 Å². The standard InChI is InChI=1S/C27H33N7O3/c1-4-18-11-7-8-15-34(18)27(36)33-24(32-26-30-19-12-5-6-14-21(19)37-26)25(35)28-17(3)23-29-20-13-9-10-16(2)22(20)31-23/h5-6,9-10,12-14,17-18,24H,4,7-8,11,15H2,1-3H3,(H,28,35)(H,29,31)(H,30,32)(H,33,36)/t17-,18-,24-/m0/s1. The number of hydrogen-bond acceptors (Lipinski definition) is 6. The average Bonchev–Trinajstić information content (AvgIpc) is 3.53. The number of para-hydroxylation sites is 3. The van der Waals surface area contributed by atoms with Crippen molar-refractivity contribution in [2.45, 2.75) is 64.7 Å². The summed E-state index contributed by atoms with van der Waals surface area (Å²) >= 11 is 0. The molecule has 3 amide bonds. The molecule has 2 aromatic heterocycles. The fourth-order valence-electron chi connectivity index (χ4n) is 4.89. The molecule has 1 aliphatic heterocycles. The summed E-state index contributed by atoms with van der Waals surface area (Å²) in [6.45, 7) is 6.58. The highest BCUT2D eigenvalue weighted by Gasteiger charge is 2.30. The van der Waals surface area contributed by atoms with Crippen molar-refractivity contribution in [1.29, 1.82) is 0 Å². The van der Waals surface area contributed by atoms with Crippen LogP contribution in [0, 0.1) is 6.92 Å². The molecular formula is C27H33N7O3. The molecule has 3 heterocycles. The van der Waals surface area contributed by atoms with E-state index in [2.05, 4.69) is 37.8 Å². The summed E-state index contributed by atoms with van der Waals surface area (Å²) in [7, 11) is 0. The van der Waals surface area contributed by atoms with Crippen LogP contribution in [-0.4, -0.2) is 50.5 Å². The first-order valence-corrected chi connectivity index (χ1v) is 12.9. The van der Waals surface area contributed by atoms with Gasteiger partial charge in [-0.05, 0) is 63.3 Å². The van der Waals surface area contributed by atoms with Gasteiger partial charge in [-0.1, -0.05) is 31.2 Å². The number of urea groups is 1. The first kappa shape index (κ1) is 24.6. The van der Waals surface area contributed by atoms with Crippen LogP contribution in [0.1, 0.15) is 57.0 Å². The first-order chi connectivity index (χ1) is 17.9. The average molecular weight is 504 g/mol. The predicted octanol–water partition coefficient (Wildman–Crippen LogP) is 4.60. The van der Waals surface area contributed by atoms with Crippen molar-refractivity contribution >= 4 is 40.1 Å². The zero-order valence-electron chi connectivity index (χ0n) is 21.4. The van der Waals surface area contributed by atoms with Crippen LogP contribution in [0.2, 0.25) is 0 Å². The number of aryl methyl sites for hydroxylation is 1. The Bertz CT molecular complexity index is 1380. The van der Waals surface area contributed by atoms with E-state index in [0.29, 0.717) is 23.5 Å². The van der Waals surface area contributed by atoms with Gasteiger partial charge in [0, 0.05) is 12.6 Å². The van der Waals surface area contributed by atoms with Crippen LogP contribution in [0.4, 0.5) is 10.8 Å². The highest BCUT2D eigenvalue weighted by Crippen LogP contribution is 2.22. The van der Waals surface area contributed by atoms with Crippen molar-refractivity contribution in [3.05, 3.63) is 53.9 Å². The Labute approximate surface area is 215 Å². The maximum atomic E-state index is 13.5. The van der Waals surface area contributed by atoms with Crippen LogP contribution in [0.3, 0.4) is 0 Å². The molecule has 1 fully saturated rings. The van der Waals surface area contributed by atoms with Gasteiger partial charge in [0.15, 0.2) is 11.7 Å². The van der Waals surface area contributed by atoms with Crippen molar-refractivity contribution < 1.29 is 14.0 Å². The molecule has 2 aromatic carbocycles. The molecule has 0 bridgehead atoms. The zero-order valence-corrected chi connectivity index (χ0v) is 21.4. The summed E-state index contributed by atoms with van der Waals surface area (Å²) in [6.07, 6.45) is 2.77. The molecule has 1 aliphatic rings. The Morgan fingerprint density at radius 3 is 2.76 bits per heavy atom. The molecular weight excluding hydrogens is 470 g/mol. The van der Waals surface area contributed by atoms with E-state index in [0.717, 1.165) is 42.3 Å². The summed E-state index contributed by atoms with van der Waals surface area (Å²) in [5.41, 5.74) is 4.06. The number of fused-ring (bicyclic) bond motifs is 2. The number of piperidine rings is 1. The molecule has 10 heteroatoms. The van der Waals surface area contributed by atoms with Crippen LogP contribution in [0.15, 0.2) is 46.9 Å². The molecule has 5 rings (SSSR count). The Balaban J connectivity index is 1.36. The number of benzene rings is 2. The first-order valence-electron chi connectivity index (χ1n) is 12.9. The molecule has 0 radical (unpaired) electrons. The van der Waals surface area contributed by atoms with Crippen LogP contribution in [-0.2, 0) is 4.79 Å². The number of nitrogens with zero attached hydrogens (tertiary/aromatic N) is 3. The molecule has 37 heavy (non-hydrogen) atoms. The number of likely N-dealkylation sites (tertiary alicyclic amines) is 1. The molecule has 194 valence electrons. The highest BCUT2D eigenvalue weighted by atomic mass is 16.4. The van der Waals surface area contributed by atoms with Crippen molar-refractivity contribution in [3.63, 3.8) is 0 Å². The summed E-state index contributed by atoms with van der Waals surface area (Å²) in [6, 6.07) is 12.8. The molecule has 0 saturated carbocycles. The topological polar surface area (TPSA) is 128 Å². The lowest BCUT2D eigenvalue weighted by atomic mass is 10.0. The molecule has 4 aromatic rings. The minimum atomic E-state index is -1.10. The molecule has 3 atom stereocenters. The van der Waals surface area contributed by atoms with Crippen molar-refractivity contribution in [2.24, 2.45) is 0 Å². The number of aromatic nitrogens is 3. The lowest BCUT2D eigenvalue weighted by Crippen LogP contribution is -2.57. The smallest absolute Gasteiger partial charge is 0.319 e. The van der Waals surface area contributed by atoms with E-state index in [1.165, 1.54) is 0 Å². The number of anilines is 1. The third kappa shape index (κ3) is 5.23. The Morgan fingerprint density at radius 1 is 1.14 bits per heavy atom. The van der Waals surface area contributed by atoms with E-state index in [1.54, 1.807) is 6.07 Å². The quantitative estimate of drug-likeness (QED) is 0.273. The number of oxazole rings is 1. The monoisotopic (exact) mass is 503 g/mol. The number of carbonyl (C=O) groups is 2. The van der Waals surface area contributed by atoms with E-state index in [4.69, 9.17) is 4.42 Å². The third-order valence-electron chi connectivity index (χ3n) is 6.95. The molecule has 0 spiro atoms. The number of rotatable bonds is 7. The predicted molar refractivity (Wildman–Crippen MR) is 142 cm³/mol. The number of nitrogens with one attached hydrogen (secondary N) is 4. The molecule has 0 unspecified atom stereocenters.